The SMILES string of the molecule is COC(C)(C)C(=O)Nc1cc(Br)cnc1Cl. The molecule has 0 aliphatic heterocycles. The number of ether oxygens (including phenoxy) is 1. The van der Waals surface area contributed by atoms with Crippen LogP contribution < -0.4 is 5.32 Å². The van der Waals surface area contributed by atoms with Crippen molar-refractivity contribution in [3.05, 3.63) is 21.9 Å². The summed E-state index contributed by atoms with van der Waals surface area (Å²) in [6.07, 6.45) is 1.56. The predicted molar refractivity (Wildman–Crippen MR) is 66.7 cm³/mol. The fourth-order valence-electron chi connectivity index (χ4n) is 0.876. The van der Waals surface area contributed by atoms with Crippen molar-refractivity contribution in [2.75, 3.05) is 12.4 Å². The Balaban J connectivity index is 2.89. The second-order valence-corrected chi connectivity index (χ2v) is 4.93. The number of carbonyl (C=O) groups excluding carboxylic acids is 1. The van der Waals surface area contributed by atoms with E-state index in [0.717, 1.165) is 4.47 Å². The average molecular weight is 308 g/mol. The third-order valence-electron chi connectivity index (χ3n) is 2.11. The quantitative estimate of drug-likeness (QED) is 0.874. The Bertz CT molecular complexity index is 410. The van der Waals surface area contributed by atoms with Gasteiger partial charge in [0.15, 0.2) is 5.15 Å². The summed E-state index contributed by atoms with van der Waals surface area (Å²) in [7, 11) is 1.47. The number of nitrogens with zero attached hydrogens (tertiary/aromatic N) is 1. The summed E-state index contributed by atoms with van der Waals surface area (Å²) < 4.78 is 5.79. The van der Waals surface area contributed by atoms with Crippen LogP contribution in [-0.2, 0) is 9.53 Å². The number of amides is 1. The van der Waals surface area contributed by atoms with E-state index in [2.05, 4.69) is 26.2 Å². The highest BCUT2D eigenvalue weighted by Crippen LogP contribution is 2.24. The molecule has 0 spiro atoms. The Labute approximate surface area is 107 Å². The summed E-state index contributed by atoms with van der Waals surface area (Å²) in [5.41, 5.74) is -0.461. The highest BCUT2D eigenvalue weighted by Gasteiger charge is 2.27. The van der Waals surface area contributed by atoms with Crippen LogP contribution in [0.25, 0.3) is 0 Å². The summed E-state index contributed by atoms with van der Waals surface area (Å²) in [6, 6.07) is 1.68. The average Bonchev–Trinajstić information content (AvgIpc) is 2.23. The molecule has 0 radical (unpaired) electrons. The van der Waals surface area contributed by atoms with Crippen molar-refractivity contribution in [2.45, 2.75) is 19.4 Å². The predicted octanol–water partition coefficient (Wildman–Crippen LogP) is 2.86. The summed E-state index contributed by atoms with van der Waals surface area (Å²) in [4.78, 5) is 15.7. The topological polar surface area (TPSA) is 51.2 Å². The fourth-order valence-corrected chi connectivity index (χ4v) is 1.36. The van der Waals surface area contributed by atoms with E-state index in [0.29, 0.717) is 5.69 Å². The van der Waals surface area contributed by atoms with E-state index in [1.807, 2.05) is 0 Å². The number of halogens is 2. The van der Waals surface area contributed by atoms with Gasteiger partial charge in [0, 0.05) is 17.8 Å². The zero-order valence-electron chi connectivity index (χ0n) is 9.17. The number of anilines is 1. The summed E-state index contributed by atoms with van der Waals surface area (Å²) in [6.45, 7) is 3.34. The lowest BCUT2D eigenvalue weighted by atomic mass is 10.1. The second kappa shape index (κ2) is 5.12. The molecule has 88 valence electrons. The van der Waals surface area contributed by atoms with Crippen molar-refractivity contribution in [3.63, 3.8) is 0 Å². The van der Waals surface area contributed by atoms with Crippen molar-refractivity contribution in [1.29, 1.82) is 0 Å². The lowest BCUT2D eigenvalue weighted by Crippen LogP contribution is -2.38. The van der Waals surface area contributed by atoms with Crippen LogP contribution >= 0.6 is 27.5 Å². The first-order valence-electron chi connectivity index (χ1n) is 4.54. The lowest BCUT2D eigenvalue weighted by Gasteiger charge is -2.21. The number of nitrogens with one attached hydrogen (secondary N) is 1. The Morgan fingerprint density at radius 2 is 2.25 bits per heavy atom. The molecule has 0 atom stereocenters. The molecule has 1 N–H and O–H groups in total. The Morgan fingerprint density at radius 3 is 2.81 bits per heavy atom. The number of hydrogen-bond acceptors (Lipinski definition) is 3. The van der Waals surface area contributed by atoms with Crippen LogP contribution in [0.15, 0.2) is 16.7 Å². The van der Waals surface area contributed by atoms with Crippen LogP contribution in [-0.4, -0.2) is 23.6 Å². The normalized spacial score (nSPS) is 11.3. The van der Waals surface area contributed by atoms with E-state index >= 15 is 0 Å². The molecule has 0 saturated heterocycles. The van der Waals surface area contributed by atoms with E-state index in [9.17, 15) is 4.79 Å². The molecule has 1 heterocycles. The van der Waals surface area contributed by atoms with Gasteiger partial charge in [-0.15, -0.1) is 0 Å². The first-order valence-corrected chi connectivity index (χ1v) is 5.71. The monoisotopic (exact) mass is 306 g/mol. The van der Waals surface area contributed by atoms with E-state index < -0.39 is 5.60 Å². The minimum atomic E-state index is -0.911. The summed E-state index contributed by atoms with van der Waals surface area (Å²) in [5.74, 6) is -0.281. The van der Waals surface area contributed by atoms with Crippen molar-refractivity contribution < 1.29 is 9.53 Å². The van der Waals surface area contributed by atoms with Gasteiger partial charge < -0.3 is 10.1 Å². The van der Waals surface area contributed by atoms with Gasteiger partial charge in [0.2, 0.25) is 0 Å². The lowest BCUT2D eigenvalue weighted by molar-refractivity contribution is -0.133. The van der Waals surface area contributed by atoms with E-state index in [4.69, 9.17) is 16.3 Å². The molecule has 0 saturated carbocycles. The van der Waals surface area contributed by atoms with Crippen LogP contribution in [0.2, 0.25) is 5.15 Å². The van der Waals surface area contributed by atoms with Crippen LogP contribution in [0.4, 0.5) is 5.69 Å². The molecule has 16 heavy (non-hydrogen) atoms. The zero-order chi connectivity index (χ0) is 12.3. The number of pyridine rings is 1. The molecule has 0 bridgehead atoms. The maximum Gasteiger partial charge on any atom is 0.256 e. The number of aromatic nitrogens is 1. The third kappa shape index (κ3) is 3.17. The molecular weight excluding hydrogens is 295 g/mol. The Morgan fingerprint density at radius 1 is 1.62 bits per heavy atom. The number of hydrogen-bond donors (Lipinski definition) is 1. The third-order valence-corrected chi connectivity index (χ3v) is 2.85. The van der Waals surface area contributed by atoms with Gasteiger partial charge in [-0.3, -0.25) is 4.79 Å². The van der Waals surface area contributed by atoms with Gasteiger partial charge >= 0.3 is 0 Å². The molecular formula is C10H12BrClN2O2. The fraction of sp³-hybridized carbons (Fsp3) is 0.400. The number of carbonyl (C=O) groups is 1. The smallest absolute Gasteiger partial charge is 0.256 e. The van der Waals surface area contributed by atoms with Gasteiger partial charge in [-0.2, -0.15) is 0 Å². The van der Waals surface area contributed by atoms with Gasteiger partial charge in [0.05, 0.1) is 5.69 Å². The highest BCUT2D eigenvalue weighted by atomic mass is 79.9. The number of rotatable bonds is 3. The Kier molecular flexibility index (Phi) is 4.29. The zero-order valence-corrected chi connectivity index (χ0v) is 11.5. The second-order valence-electron chi connectivity index (χ2n) is 3.66. The van der Waals surface area contributed by atoms with Gasteiger partial charge in [0.1, 0.15) is 5.60 Å². The molecule has 6 heteroatoms. The maximum absolute atomic E-state index is 11.8. The van der Waals surface area contributed by atoms with Gasteiger partial charge in [0.25, 0.3) is 5.91 Å². The van der Waals surface area contributed by atoms with Crippen molar-refractivity contribution >= 4 is 39.1 Å². The molecule has 1 aromatic rings. The van der Waals surface area contributed by atoms with Gasteiger partial charge in [-0.05, 0) is 35.8 Å². The standard InChI is InChI=1S/C10H12BrClN2O2/c1-10(2,16-3)9(15)14-7-4-6(11)5-13-8(7)12/h4-5H,1-3H3,(H,14,15). The van der Waals surface area contributed by atoms with Gasteiger partial charge in [-0.25, -0.2) is 4.98 Å². The molecule has 4 nitrogen and oxygen atoms in total. The molecule has 1 amide bonds. The largest absolute Gasteiger partial charge is 0.369 e. The maximum atomic E-state index is 11.8. The molecule has 0 aromatic carbocycles. The van der Waals surface area contributed by atoms with Crippen LogP contribution in [0, 0.1) is 0 Å². The first-order chi connectivity index (χ1) is 7.36. The van der Waals surface area contributed by atoms with Gasteiger partial charge in [-0.1, -0.05) is 11.6 Å². The highest BCUT2D eigenvalue weighted by molar-refractivity contribution is 9.10. The molecule has 0 aliphatic carbocycles. The van der Waals surface area contributed by atoms with Crippen LogP contribution in [0.3, 0.4) is 0 Å². The van der Waals surface area contributed by atoms with E-state index in [-0.39, 0.29) is 11.1 Å². The van der Waals surface area contributed by atoms with Crippen molar-refractivity contribution in [1.82, 2.24) is 4.98 Å². The summed E-state index contributed by atoms with van der Waals surface area (Å²) >= 11 is 9.10. The van der Waals surface area contributed by atoms with E-state index in [1.165, 1.54) is 7.11 Å². The molecule has 1 aromatic heterocycles. The number of methoxy groups -OCH3 is 1. The van der Waals surface area contributed by atoms with Crippen molar-refractivity contribution in [3.8, 4) is 0 Å². The first kappa shape index (κ1) is 13.4. The minimum absolute atomic E-state index is 0.239. The van der Waals surface area contributed by atoms with Crippen molar-refractivity contribution in [2.24, 2.45) is 0 Å². The molecule has 0 fully saturated rings. The molecule has 1 rings (SSSR count). The van der Waals surface area contributed by atoms with E-state index in [1.54, 1.807) is 26.1 Å². The van der Waals surface area contributed by atoms with Crippen LogP contribution in [0.1, 0.15) is 13.8 Å². The molecule has 0 unspecified atom stereocenters. The minimum Gasteiger partial charge on any atom is -0.369 e. The van der Waals surface area contributed by atoms with Crippen LogP contribution in [0.5, 0.6) is 0 Å². The Hall–Kier alpha value is -0.650. The summed E-state index contributed by atoms with van der Waals surface area (Å²) in [5, 5.41) is 2.89. The molecule has 0 aliphatic rings.